The number of hydrogen-bond acceptors (Lipinski definition) is 3. The van der Waals surface area contributed by atoms with Crippen molar-refractivity contribution in [2.45, 2.75) is 6.92 Å². The maximum absolute atomic E-state index is 12.1. The van der Waals surface area contributed by atoms with E-state index in [-0.39, 0.29) is 11.5 Å². The lowest BCUT2D eigenvalue weighted by atomic mass is 10.2. The molecule has 0 saturated carbocycles. The van der Waals surface area contributed by atoms with Crippen LogP contribution in [0.3, 0.4) is 0 Å². The summed E-state index contributed by atoms with van der Waals surface area (Å²) in [6.07, 6.45) is 1.55. The van der Waals surface area contributed by atoms with Crippen LogP contribution >= 0.6 is 0 Å². The number of benzene rings is 1. The van der Waals surface area contributed by atoms with E-state index >= 15 is 0 Å². The van der Waals surface area contributed by atoms with Gasteiger partial charge in [0.15, 0.2) is 5.65 Å². The van der Waals surface area contributed by atoms with Crippen molar-refractivity contribution in [3.8, 4) is 0 Å². The van der Waals surface area contributed by atoms with Crippen LogP contribution in [0.1, 0.15) is 16.1 Å². The lowest BCUT2D eigenvalue weighted by molar-refractivity contribution is 0.102. The topological polar surface area (TPSA) is 79.3 Å². The number of aryl methyl sites for hydroxylation is 1. The normalized spacial score (nSPS) is 10.7. The number of hydrogen-bond donors (Lipinski definition) is 2. The molecule has 3 aromatic rings. The van der Waals surface area contributed by atoms with Crippen molar-refractivity contribution < 1.29 is 4.79 Å². The van der Waals surface area contributed by atoms with Crippen LogP contribution in [0.25, 0.3) is 5.65 Å². The number of aromatic nitrogens is 3. The third-order valence-corrected chi connectivity index (χ3v) is 2.91. The molecule has 0 aliphatic heterocycles. The molecular formula is C14H12N4O2. The maximum Gasteiger partial charge on any atom is 0.272 e. The van der Waals surface area contributed by atoms with Crippen molar-refractivity contribution in [3.05, 3.63) is 64.2 Å². The van der Waals surface area contributed by atoms with Crippen molar-refractivity contribution in [1.29, 1.82) is 0 Å². The Morgan fingerprint density at radius 2 is 2.05 bits per heavy atom. The molecule has 0 aliphatic carbocycles. The van der Waals surface area contributed by atoms with E-state index in [9.17, 15) is 9.59 Å². The standard InChI is InChI=1S/C14H12N4O2/c1-9-7-12(19)18-13(16-9)11(8-15-18)17-14(20)10-5-3-2-4-6-10/h2-8,15H,1H3,(H,17,20). The first-order valence-corrected chi connectivity index (χ1v) is 6.09. The molecule has 20 heavy (non-hydrogen) atoms. The molecule has 6 heteroatoms. The van der Waals surface area contributed by atoms with Gasteiger partial charge in [0.25, 0.3) is 11.5 Å². The van der Waals surface area contributed by atoms with Crippen molar-refractivity contribution in [1.82, 2.24) is 14.6 Å². The van der Waals surface area contributed by atoms with E-state index < -0.39 is 0 Å². The van der Waals surface area contributed by atoms with Gasteiger partial charge in [-0.15, -0.1) is 0 Å². The van der Waals surface area contributed by atoms with E-state index in [1.165, 1.54) is 10.6 Å². The second-order valence-corrected chi connectivity index (χ2v) is 4.40. The van der Waals surface area contributed by atoms with Gasteiger partial charge in [-0.05, 0) is 19.1 Å². The molecule has 0 atom stereocenters. The fourth-order valence-corrected chi connectivity index (χ4v) is 1.97. The summed E-state index contributed by atoms with van der Waals surface area (Å²) >= 11 is 0. The van der Waals surface area contributed by atoms with E-state index in [4.69, 9.17) is 0 Å². The first kappa shape index (κ1) is 12.2. The number of fused-ring (bicyclic) bond motifs is 1. The fourth-order valence-electron chi connectivity index (χ4n) is 1.97. The number of nitrogens with zero attached hydrogens (tertiary/aromatic N) is 2. The van der Waals surface area contributed by atoms with Crippen LogP contribution in [-0.4, -0.2) is 20.5 Å². The van der Waals surface area contributed by atoms with Crippen LogP contribution < -0.4 is 10.9 Å². The Morgan fingerprint density at radius 1 is 1.30 bits per heavy atom. The average molecular weight is 268 g/mol. The van der Waals surface area contributed by atoms with Gasteiger partial charge < -0.3 is 5.32 Å². The molecule has 0 aliphatic rings. The minimum Gasteiger partial charge on any atom is -0.318 e. The Hall–Kier alpha value is -2.89. The number of nitrogens with one attached hydrogen (secondary N) is 2. The van der Waals surface area contributed by atoms with E-state index in [1.54, 1.807) is 37.4 Å². The van der Waals surface area contributed by atoms with Gasteiger partial charge in [-0.2, -0.15) is 4.52 Å². The number of anilines is 1. The summed E-state index contributed by atoms with van der Waals surface area (Å²) in [6, 6.07) is 10.3. The predicted octanol–water partition coefficient (Wildman–Crippen LogP) is 1.58. The zero-order valence-electron chi connectivity index (χ0n) is 10.8. The number of carbonyl (C=O) groups excluding carboxylic acids is 1. The molecule has 6 nitrogen and oxygen atoms in total. The lowest BCUT2D eigenvalue weighted by Gasteiger charge is -2.03. The lowest BCUT2D eigenvalue weighted by Crippen LogP contribution is -2.16. The Labute approximate surface area is 114 Å². The minimum absolute atomic E-state index is 0.215. The van der Waals surface area contributed by atoms with Gasteiger partial charge in [0.2, 0.25) is 0 Å². The van der Waals surface area contributed by atoms with Crippen molar-refractivity contribution >= 4 is 17.2 Å². The van der Waals surface area contributed by atoms with E-state index in [1.807, 2.05) is 6.07 Å². The van der Waals surface area contributed by atoms with E-state index in [0.717, 1.165) is 0 Å². The molecule has 2 aromatic heterocycles. The number of carbonyl (C=O) groups is 1. The Kier molecular flexibility index (Phi) is 2.83. The Bertz CT molecular complexity index is 833. The Morgan fingerprint density at radius 3 is 2.80 bits per heavy atom. The first-order chi connectivity index (χ1) is 9.65. The van der Waals surface area contributed by atoms with Crippen LogP contribution in [0.2, 0.25) is 0 Å². The summed E-state index contributed by atoms with van der Waals surface area (Å²) in [7, 11) is 0. The fraction of sp³-hybridized carbons (Fsp3) is 0.0714. The molecule has 1 aromatic carbocycles. The van der Waals surface area contributed by atoms with Crippen LogP contribution in [0.4, 0.5) is 5.69 Å². The molecule has 2 N–H and O–H groups in total. The smallest absolute Gasteiger partial charge is 0.272 e. The number of rotatable bonds is 2. The maximum atomic E-state index is 12.1. The highest BCUT2D eigenvalue weighted by Crippen LogP contribution is 2.14. The average Bonchev–Trinajstić information content (AvgIpc) is 2.83. The number of H-pyrrole nitrogens is 1. The molecule has 1 amide bonds. The van der Waals surface area contributed by atoms with Gasteiger partial charge in [-0.3, -0.25) is 14.7 Å². The van der Waals surface area contributed by atoms with Crippen molar-refractivity contribution in [3.63, 3.8) is 0 Å². The highest BCUT2D eigenvalue weighted by molar-refractivity contribution is 6.05. The zero-order valence-corrected chi connectivity index (χ0v) is 10.8. The third-order valence-electron chi connectivity index (χ3n) is 2.91. The van der Waals surface area contributed by atoms with Gasteiger partial charge in [-0.1, -0.05) is 18.2 Å². The van der Waals surface area contributed by atoms with Crippen LogP contribution in [0.5, 0.6) is 0 Å². The highest BCUT2D eigenvalue weighted by Gasteiger charge is 2.11. The molecule has 0 bridgehead atoms. The molecule has 0 radical (unpaired) electrons. The largest absolute Gasteiger partial charge is 0.318 e. The summed E-state index contributed by atoms with van der Waals surface area (Å²) in [4.78, 5) is 28.1. The predicted molar refractivity (Wildman–Crippen MR) is 74.9 cm³/mol. The molecule has 0 spiro atoms. The summed E-state index contributed by atoms with van der Waals surface area (Å²) < 4.78 is 1.29. The summed E-state index contributed by atoms with van der Waals surface area (Å²) in [5, 5.41) is 5.51. The van der Waals surface area contributed by atoms with Gasteiger partial charge in [0, 0.05) is 23.5 Å². The summed E-state index contributed by atoms with van der Waals surface area (Å²) in [5.74, 6) is -0.247. The molecule has 0 unspecified atom stereocenters. The second kappa shape index (κ2) is 4.65. The molecule has 100 valence electrons. The minimum atomic E-state index is -0.247. The molecule has 2 heterocycles. The molecule has 0 fully saturated rings. The zero-order chi connectivity index (χ0) is 14.1. The van der Waals surface area contributed by atoms with Gasteiger partial charge in [-0.25, -0.2) is 4.98 Å². The first-order valence-electron chi connectivity index (χ1n) is 6.09. The van der Waals surface area contributed by atoms with E-state index in [2.05, 4.69) is 15.4 Å². The summed E-state index contributed by atoms with van der Waals surface area (Å²) in [5.41, 5.74) is 1.80. The van der Waals surface area contributed by atoms with Crippen molar-refractivity contribution in [2.75, 3.05) is 5.32 Å². The van der Waals surface area contributed by atoms with Crippen LogP contribution in [-0.2, 0) is 0 Å². The highest BCUT2D eigenvalue weighted by atomic mass is 16.2. The Balaban J connectivity index is 2.00. The quantitative estimate of drug-likeness (QED) is 0.740. The third kappa shape index (κ3) is 2.07. The monoisotopic (exact) mass is 268 g/mol. The van der Waals surface area contributed by atoms with Gasteiger partial charge >= 0.3 is 0 Å². The molecule has 3 rings (SSSR count). The van der Waals surface area contributed by atoms with Crippen LogP contribution in [0, 0.1) is 6.92 Å². The molecule has 0 saturated heterocycles. The SMILES string of the molecule is Cc1cc(=O)n2[nH]cc(NC(=O)c3ccccc3)c2n1. The van der Waals surface area contributed by atoms with Crippen LogP contribution in [0.15, 0.2) is 47.4 Å². The second-order valence-electron chi connectivity index (χ2n) is 4.40. The number of amides is 1. The molecular weight excluding hydrogens is 256 g/mol. The van der Waals surface area contributed by atoms with E-state index in [0.29, 0.717) is 22.6 Å². The van der Waals surface area contributed by atoms with Crippen molar-refractivity contribution in [2.24, 2.45) is 0 Å². The van der Waals surface area contributed by atoms with Gasteiger partial charge in [0.05, 0.1) is 0 Å². The van der Waals surface area contributed by atoms with Gasteiger partial charge in [0.1, 0.15) is 5.69 Å². The number of aromatic amines is 1. The summed E-state index contributed by atoms with van der Waals surface area (Å²) in [6.45, 7) is 1.73.